The minimum atomic E-state index is 0.264. The standard InChI is InChI=1S/C31H38ClN7/c1-34-26-8-6-20(7-9-26)16-35-28-23-10-21-11-24(28)14-31(12-21,13-23)19-38-29-25(15-33)18-37-30(39-29)36-17-22-4-2-3-5-27(22)32/h2-5,18,20-21,23-24,26,28,35H,6-14,16-17,19H2,(H2,36,37,38,39)/t20-,21?,23-,24+,26+,28-,31-. The van der Waals surface area contributed by atoms with Crippen molar-refractivity contribution >= 4 is 23.4 Å². The number of halogens is 1. The predicted molar refractivity (Wildman–Crippen MR) is 154 cm³/mol. The fourth-order valence-corrected chi connectivity index (χ4v) is 8.50. The van der Waals surface area contributed by atoms with E-state index in [1.54, 1.807) is 6.20 Å². The Labute approximate surface area is 237 Å². The summed E-state index contributed by atoms with van der Waals surface area (Å²) >= 11 is 6.30. The molecule has 39 heavy (non-hydrogen) atoms. The van der Waals surface area contributed by atoms with Crippen molar-refractivity contribution < 1.29 is 0 Å². The first kappa shape index (κ1) is 26.4. The van der Waals surface area contributed by atoms with Gasteiger partial charge in [0.15, 0.2) is 0 Å². The molecule has 1 aromatic carbocycles. The summed E-state index contributed by atoms with van der Waals surface area (Å²) in [7, 11) is 0. The lowest BCUT2D eigenvalue weighted by molar-refractivity contribution is -0.0702. The zero-order chi connectivity index (χ0) is 26.8. The van der Waals surface area contributed by atoms with Crippen LogP contribution in [0, 0.1) is 47.0 Å². The number of hydrogen-bond donors (Lipinski definition) is 3. The molecule has 204 valence electrons. The van der Waals surface area contributed by atoms with E-state index < -0.39 is 0 Å². The molecule has 0 radical (unpaired) electrons. The van der Waals surface area contributed by atoms with Gasteiger partial charge in [0.05, 0.1) is 6.20 Å². The summed E-state index contributed by atoms with van der Waals surface area (Å²) in [6, 6.07) is 10.9. The Balaban J connectivity index is 1.07. The number of rotatable bonds is 9. The smallest absolute Gasteiger partial charge is 0.224 e. The van der Waals surface area contributed by atoms with Crippen molar-refractivity contribution in [2.75, 3.05) is 23.7 Å². The number of nitrogens with zero attached hydrogens (tertiary/aromatic N) is 4. The Kier molecular flexibility index (Phi) is 7.65. The lowest BCUT2D eigenvalue weighted by Gasteiger charge is -2.60. The molecule has 1 unspecified atom stereocenters. The molecule has 0 amide bonds. The summed E-state index contributed by atoms with van der Waals surface area (Å²) in [4.78, 5) is 12.8. The molecule has 0 spiro atoms. The third kappa shape index (κ3) is 5.72. The molecule has 5 fully saturated rings. The quantitative estimate of drug-likeness (QED) is 0.322. The van der Waals surface area contributed by atoms with Gasteiger partial charge in [0.2, 0.25) is 12.0 Å². The topological polar surface area (TPSA) is 90.0 Å². The average molecular weight is 544 g/mol. The van der Waals surface area contributed by atoms with E-state index in [1.807, 2.05) is 24.3 Å². The van der Waals surface area contributed by atoms with Crippen LogP contribution in [0.5, 0.6) is 0 Å². The van der Waals surface area contributed by atoms with E-state index in [9.17, 15) is 5.26 Å². The van der Waals surface area contributed by atoms with Crippen molar-refractivity contribution in [3.8, 4) is 6.07 Å². The summed E-state index contributed by atoms with van der Waals surface area (Å²) < 4.78 is 0. The number of hydrogen-bond acceptors (Lipinski definition) is 6. The number of nitrogens with one attached hydrogen (secondary N) is 3. The first-order valence-corrected chi connectivity index (χ1v) is 15.0. The molecule has 1 heterocycles. The molecule has 4 bridgehead atoms. The Bertz CT molecular complexity index is 1240. The second kappa shape index (κ2) is 11.3. The lowest BCUT2D eigenvalue weighted by atomic mass is 9.48. The zero-order valence-corrected chi connectivity index (χ0v) is 23.3. The Hall–Kier alpha value is -2.87. The molecule has 7 rings (SSSR count). The summed E-state index contributed by atoms with van der Waals surface area (Å²) in [5.74, 6) is 4.16. The number of benzene rings is 1. The molecular weight excluding hydrogens is 506 g/mol. The third-order valence-electron chi connectivity index (χ3n) is 9.98. The highest BCUT2D eigenvalue weighted by Gasteiger charge is 2.55. The van der Waals surface area contributed by atoms with Gasteiger partial charge in [0.1, 0.15) is 17.5 Å². The SMILES string of the molecule is [C-]#[N+][C@H]1CC[C@@H](CN[C@@H]2[C@@H]3CC4C[C@H]2C[C@@](CNc2nc(NCc5ccccc5Cl)ncc2C#N)(C4)C3)CC1. The van der Waals surface area contributed by atoms with E-state index in [1.165, 1.54) is 44.9 Å². The van der Waals surface area contributed by atoms with Crippen LogP contribution in [0.25, 0.3) is 4.85 Å². The average Bonchev–Trinajstić information content (AvgIpc) is 2.95. The van der Waals surface area contributed by atoms with Gasteiger partial charge in [-0.15, -0.1) is 0 Å². The Morgan fingerprint density at radius 2 is 1.85 bits per heavy atom. The van der Waals surface area contributed by atoms with Crippen molar-refractivity contribution in [2.45, 2.75) is 76.4 Å². The van der Waals surface area contributed by atoms with Crippen LogP contribution >= 0.6 is 11.6 Å². The van der Waals surface area contributed by atoms with E-state index in [2.05, 4.69) is 36.8 Å². The van der Waals surface area contributed by atoms with Crippen molar-refractivity contribution in [2.24, 2.45) is 29.1 Å². The summed E-state index contributed by atoms with van der Waals surface area (Å²) in [6.45, 7) is 9.81. The van der Waals surface area contributed by atoms with Gasteiger partial charge in [-0.3, -0.25) is 0 Å². The van der Waals surface area contributed by atoms with Crippen LogP contribution in [-0.2, 0) is 6.54 Å². The number of nitriles is 1. The van der Waals surface area contributed by atoms with Crippen LogP contribution in [0.4, 0.5) is 11.8 Å². The van der Waals surface area contributed by atoms with Crippen LogP contribution in [0.15, 0.2) is 30.5 Å². The molecule has 0 aliphatic heterocycles. The van der Waals surface area contributed by atoms with Gasteiger partial charge >= 0.3 is 0 Å². The minimum Gasteiger partial charge on any atom is -0.368 e. The minimum absolute atomic E-state index is 0.264. The summed E-state index contributed by atoms with van der Waals surface area (Å²) in [5.41, 5.74) is 1.75. The van der Waals surface area contributed by atoms with Gasteiger partial charge in [-0.2, -0.15) is 10.2 Å². The largest absolute Gasteiger partial charge is 0.368 e. The second-order valence-corrected chi connectivity index (χ2v) is 13.0. The molecular formula is C31H38ClN7. The highest BCUT2D eigenvalue weighted by atomic mass is 35.5. The molecule has 5 saturated carbocycles. The Morgan fingerprint density at radius 1 is 1.08 bits per heavy atom. The maximum atomic E-state index is 9.71. The molecule has 5 aliphatic rings. The molecule has 8 heteroatoms. The van der Waals surface area contributed by atoms with Gasteiger partial charge in [0, 0.05) is 37.0 Å². The van der Waals surface area contributed by atoms with Crippen LogP contribution in [-0.4, -0.2) is 35.1 Å². The fourth-order valence-electron chi connectivity index (χ4n) is 8.29. The van der Waals surface area contributed by atoms with Crippen LogP contribution in [0.2, 0.25) is 5.02 Å². The van der Waals surface area contributed by atoms with Crippen molar-refractivity contribution in [1.82, 2.24) is 15.3 Å². The number of anilines is 2. The molecule has 5 aliphatic carbocycles. The predicted octanol–water partition coefficient (Wildman–Crippen LogP) is 6.29. The van der Waals surface area contributed by atoms with Crippen molar-refractivity contribution in [1.29, 1.82) is 5.26 Å². The van der Waals surface area contributed by atoms with Gasteiger partial charge in [0.25, 0.3) is 0 Å². The van der Waals surface area contributed by atoms with E-state index in [-0.39, 0.29) is 11.5 Å². The molecule has 7 nitrogen and oxygen atoms in total. The van der Waals surface area contributed by atoms with Gasteiger partial charge in [-0.25, -0.2) is 11.6 Å². The fraction of sp³-hybridized carbons (Fsp3) is 0.613. The highest BCUT2D eigenvalue weighted by Crippen LogP contribution is 2.60. The summed E-state index contributed by atoms with van der Waals surface area (Å²) in [5, 5.41) is 21.3. The van der Waals surface area contributed by atoms with Gasteiger partial charge in [-0.1, -0.05) is 29.8 Å². The van der Waals surface area contributed by atoms with Crippen LogP contribution in [0.3, 0.4) is 0 Å². The summed E-state index contributed by atoms with van der Waals surface area (Å²) in [6.07, 6.45) is 12.7. The van der Waals surface area contributed by atoms with E-state index in [4.69, 9.17) is 18.2 Å². The zero-order valence-electron chi connectivity index (χ0n) is 22.5. The van der Waals surface area contributed by atoms with E-state index in [0.717, 1.165) is 55.2 Å². The highest BCUT2D eigenvalue weighted by molar-refractivity contribution is 6.31. The molecule has 0 saturated heterocycles. The first-order chi connectivity index (χ1) is 19.0. The lowest BCUT2D eigenvalue weighted by Crippen LogP contribution is -2.60. The van der Waals surface area contributed by atoms with Gasteiger partial charge < -0.3 is 20.8 Å². The van der Waals surface area contributed by atoms with E-state index >= 15 is 0 Å². The van der Waals surface area contributed by atoms with Crippen LogP contribution in [0.1, 0.15) is 68.9 Å². The van der Waals surface area contributed by atoms with E-state index in [0.29, 0.717) is 34.9 Å². The number of aromatic nitrogens is 2. The Morgan fingerprint density at radius 3 is 2.56 bits per heavy atom. The monoisotopic (exact) mass is 543 g/mol. The normalized spacial score (nSPS) is 32.8. The molecule has 3 N–H and O–H groups in total. The van der Waals surface area contributed by atoms with Gasteiger partial charge in [-0.05, 0) is 92.2 Å². The molecule has 1 aromatic heterocycles. The maximum absolute atomic E-state index is 9.71. The third-order valence-corrected chi connectivity index (χ3v) is 10.3. The molecule has 2 aromatic rings. The van der Waals surface area contributed by atoms with Crippen LogP contribution < -0.4 is 16.0 Å². The van der Waals surface area contributed by atoms with Crippen molar-refractivity contribution in [3.05, 3.63) is 58.0 Å². The first-order valence-electron chi connectivity index (χ1n) is 14.6. The molecule has 5 atom stereocenters. The second-order valence-electron chi connectivity index (χ2n) is 12.6. The van der Waals surface area contributed by atoms with Crippen molar-refractivity contribution in [3.63, 3.8) is 0 Å². The maximum Gasteiger partial charge on any atom is 0.224 e.